The van der Waals surface area contributed by atoms with Crippen molar-refractivity contribution in [3.63, 3.8) is 0 Å². The van der Waals surface area contributed by atoms with Gasteiger partial charge in [0, 0.05) is 31.1 Å². The van der Waals surface area contributed by atoms with Crippen molar-refractivity contribution in [2.24, 2.45) is 0 Å². The van der Waals surface area contributed by atoms with Crippen LogP contribution in [0.5, 0.6) is 0 Å². The second kappa shape index (κ2) is 4.78. The van der Waals surface area contributed by atoms with E-state index in [2.05, 4.69) is 9.97 Å². The molecule has 0 atom stereocenters. The van der Waals surface area contributed by atoms with Crippen LogP contribution in [-0.2, 0) is 4.74 Å². The lowest BCUT2D eigenvalue weighted by atomic mass is 9.96. The van der Waals surface area contributed by atoms with Gasteiger partial charge in [0.2, 0.25) is 0 Å². The maximum Gasteiger partial charge on any atom is 0.251 e. The highest BCUT2D eigenvalue weighted by atomic mass is 16.5. The van der Waals surface area contributed by atoms with Crippen LogP contribution in [0.1, 0.15) is 50.0 Å². The normalized spacial score (nSPS) is 17.9. The number of rotatable bonds is 2. The first-order valence-corrected chi connectivity index (χ1v) is 5.85. The smallest absolute Gasteiger partial charge is 0.251 e. The molecular formula is C12H18N2O2. The highest BCUT2D eigenvalue weighted by molar-refractivity contribution is 5.10. The van der Waals surface area contributed by atoms with Crippen molar-refractivity contribution in [1.29, 1.82) is 0 Å². The van der Waals surface area contributed by atoms with Crippen molar-refractivity contribution in [3.8, 4) is 0 Å². The molecule has 0 aliphatic carbocycles. The van der Waals surface area contributed by atoms with Crippen molar-refractivity contribution in [1.82, 2.24) is 9.97 Å². The summed E-state index contributed by atoms with van der Waals surface area (Å²) in [6.07, 6.45) is 1.93. The standard InChI is InChI=1S/C12H18N2O2/c1-8(2)12-13-10(7-11(15)14-12)9-3-5-16-6-4-9/h7-9H,3-6H2,1-2H3,(H,13,14,15). The van der Waals surface area contributed by atoms with Gasteiger partial charge in [-0.25, -0.2) is 4.98 Å². The van der Waals surface area contributed by atoms with Gasteiger partial charge < -0.3 is 9.72 Å². The van der Waals surface area contributed by atoms with Gasteiger partial charge in [0.25, 0.3) is 5.56 Å². The predicted molar refractivity (Wildman–Crippen MR) is 61.7 cm³/mol. The van der Waals surface area contributed by atoms with Crippen LogP contribution in [0.3, 0.4) is 0 Å². The Kier molecular flexibility index (Phi) is 3.39. The van der Waals surface area contributed by atoms with Gasteiger partial charge in [0.15, 0.2) is 0 Å². The van der Waals surface area contributed by atoms with Crippen LogP contribution in [0.15, 0.2) is 10.9 Å². The summed E-state index contributed by atoms with van der Waals surface area (Å²) in [5.74, 6) is 1.43. The Morgan fingerprint density at radius 1 is 1.44 bits per heavy atom. The van der Waals surface area contributed by atoms with Crippen LogP contribution < -0.4 is 5.56 Å². The highest BCUT2D eigenvalue weighted by Gasteiger charge is 2.18. The largest absolute Gasteiger partial charge is 0.381 e. The Labute approximate surface area is 95.1 Å². The minimum atomic E-state index is -0.0415. The number of ether oxygens (including phenoxy) is 1. The third-order valence-corrected chi connectivity index (χ3v) is 2.97. The fraction of sp³-hybridized carbons (Fsp3) is 0.667. The number of H-pyrrole nitrogens is 1. The van der Waals surface area contributed by atoms with Crippen LogP contribution in [0.2, 0.25) is 0 Å². The lowest BCUT2D eigenvalue weighted by molar-refractivity contribution is 0.0844. The summed E-state index contributed by atoms with van der Waals surface area (Å²) in [7, 11) is 0. The number of nitrogens with one attached hydrogen (secondary N) is 1. The van der Waals surface area contributed by atoms with Gasteiger partial charge in [-0.1, -0.05) is 13.8 Å². The number of hydrogen-bond donors (Lipinski definition) is 1. The SMILES string of the molecule is CC(C)c1nc(C2CCOCC2)cc(=O)[nH]1. The fourth-order valence-electron chi connectivity index (χ4n) is 1.97. The molecule has 1 aliphatic rings. The van der Waals surface area contributed by atoms with E-state index in [9.17, 15) is 4.79 Å². The molecule has 0 aromatic carbocycles. The summed E-state index contributed by atoms with van der Waals surface area (Å²) in [6.45, 7) is 5.62. The monoisotopic (exact) mass is 222 g/mol. The summed E-state index contributed by atoms with van der Waals surface area (Å²) in [6, 6.07) is 1.63. The molecule has 4 heteroatoms. The molecule has 0 radical (unpaired) electrons. The molecule has 4 nitrogen and oxygen atoms in total. The van der Waals surface area contributed by atoms with Gasteiger partial charge in [0.05, 0.1) is 5.69 Å². The Morgan fingerprint density at radius 3 is 2.75 bits per heavy atom. The van der Waals surface area contributed by atoms with Gasteiger partial charge in [-0.05, 0) is 12.8 Å². The van der Waals surface area contributed by atoms with E-state index in [1.54, 1.807) is 6.07 Å². The Balaban J connectivity index is 2.29. The Hall–Kier alpha value is -1.16. The average molecular weight is 222 g/mol. The molecule has 1 fully saturated rings. The fourth-order valence-corrected chi connectivity index (χ4v) is 1.97. The van der Waals surface area contributed by atoms with Gasteiger partial charge in [-0.15, -0.1) is 0 Å². The van der Waals surface area contributed by atoms with E-state index in [-0.39, 0.29) is 11.5 Å². The summed E-state index contributed by atoms with van der Waals surface area (Å²) in [4.78, 5) is 18.9. The zero-order valence-electron chi connectivity index (χ0n) is 9.82. The molecule has 1 N–H and O–H groups in total. The maximum atomic E-state index is 11.5. The van der Waals surface area contributed by atoms with Crippen molar-refractivity contribution in [2.45, 2.75) is 38.5 Å². The van der Waals surface area contributed by atoms with E-state index in [1.165, 1.54) is 0 Å². The first-order chi connectivity index (χ1) is 7.66. The van der Waals surface area contributed by atoms with E-state index in [4.69, 9.17) is 4.74 Å². The molecule has 1 aliphatic heterocycles. The Morgan fingerprint density at radius 2 is 2.12 bits per heavy atom. The highest BCUT2D eigenvalue weighted by Crippen LogP contribution is 2.24. The van der Waals surface area contributed by atoms with Gasteiger partial charge in [-0.3, -0.25) is 4.79 Å². The predicted octanol–water partition coefficient (Wildman–Crippen LogP) is 1.79. The topological polar surface area (TPSA) is 55.0 Å². The molecule has 1 saturated heterocycles. The molecule has 16 heavy (non-hydrogen) atoms. The van der Waals surface area contributed by atoms with Crippen LogP contribution in [0.4, 0.5) is 0 Å². The molecule has 0 bridgehead atoms. The minimum Gasteiger partial charge on any atom is -0.381 e. The molecule has 1 aromatic rings. The lowest BCUT2D eigenvalue weighted by Crippen LogP contribution is -2.20. The zero-order chi connectivity index (χ0) is 11.5. The molecule has 2 rings (SSSR count). The summed E-state index contributed by atoms with van der Waals surface area (Å²) < 4.78 is 5.32. The van der Waals surface area contributed by atoms with Gasteiger partial charge >= 0.3 is 0 Å². The number of hydrogen-bond acceptors (Lipinski definition) is 3. The van der Waals surface area contributed by atoms with Crippen molar-refractivity contribution in [3.05, 3.63) is 27.9 Å². The van der Waals surface area contributed by atoms with Gasteiger partial charge in [0.1, 0.15) is 5.82 Å². The lowest BCUT2D eigenvalue weighted by Gasteiger charge is -2.21. The van der Waals surface area contributed by atoms with Crippen molar-refractivity contribution in [2.75, 3.05) is 13.2 Å². The number of aromatic nitrogens is 2. The Bertz CT molecular complexity index is 406. The molecule has 2 heterocycles. The van der Waals surface area contributed by atoms with Crippen molar-refractivity contribution >= 4 is 0 Å². The molecule has 0 saturated carbocycles. The van der Waals surface area contributed by atoms with E-state index in [0.717, 1.165) is 37.6 Å². The van der Waals surface area contributed by atoms with E-state index in [0.29, 0.717) is 5.92 Å². The molecule has 88 valence electrons. The number of nitrogens with zero attached hydrogens (tertiary/aromatic N) is 1. The quantitative estimate of drug-likeness (QED) is 0.830. The second-order valence-corrected chi connectivity index (χ2v) is 4.60. The molecule has 0 spiro atoms. The van der Waals surface area contributed by atoms with Gasteiger partial charge in [-0.2, -0.15) is 0 Å². The van der Waals surface area contributed by atoms with Crippen LogP contribution in [0, 0.1) is 0 Å². The van der Waals surface area contributed by atoms with E-state index >= 15 is 0 Å². The first-order valence-electron chi connectivity index (χ1n) is 5.85. The summed E-state index contributed by atoms with van der Waals surface area (Å²) in [5.41, 5.74) is 0.885. The van der Waals surface area contributed by atoms with Crippen LogP contribution in [-0.4, -0.2) is 23.2 Å². The molecule has 1 aromatic heterocycles. The minimum absolute atomic E-state index is 0.0415. The molecular weight excluding hydrogens is 204 g/mol. The number of aromatic amines is 1. The third kappa shape index (κ3) is 2.50. The van der Waals surface area contributed by atoms with E-state index in [1.807, 2.05) is 13.8 Å². The van der Waals surface area contributed by atoms with Crippen LogP contribution in [0.25, 0.3) is 0 Å². The first kappa shape index (κ1) is 11.3. The molecule has 0 amide bonds. The zero-order valence-corrected chi connectivity index (χ0v) is 9.82. The maximum absolute atomic E-state index is 11.5. The second-order valence-electron chi connectivity index (χ2n) is 4.60. The molecule has 0 unspecified atom stereocenters. The third-order valence-electron chi connectivity index (χ3n) is 2.97. The summed E-state index contributed by atoms with van der Waals surface area (Å²) in [5, 5.41) is 0. The summed E-state index contributed by atoms with van der Waals surface area (Å²) >= 11 is 0. The van der Waals surface area contributed by atoms with Crippen molar-refractivity contribution < 1.29 is 4.74 Å². The van der Waals surface area contributed by atoms with Crippen LogP contribution >= 0.6 is 0 Å². The average Bonchev–Trinajstić information content (AvgIpc) is 2.29. The van der Waals surface area contributed by atoms with E-state index < -0.39 is 0 Å².